The minimum absolute atomic E-state index is 0.181. The van der Waals surface area contributed by atoms with Crippen LogP contribution in [0.15, 0.2) is 81.2 Å². The molecule has 132 valence electrons. The van der Waals surface area contributed by atoms with Crippen LogP contribution in [0, 0.1) is 11.3 Å². The van der Waals surface area contributed by atoms with Crippen molar-refractivity contribution >= 4 is 45.9 Å². The van der Waals surface area contributed by atoms with E-state index in [1.807, 2.05) is 72.6 Å². The molecule has 0 spiro atoms. The number of anilines is 1. The molecule has 0 saturated carbocycles. The average Bonchev–Trinajstić information content (AvgIpc) is 3.03. The van der Waals surface area contributed by atoms with Gasteiger partial charge in [-0.2, -0.15) is 5.26 Å². The van der Waals surface area contributed by atoms with Crippen molar-refractivity contribution in [2.24, 2.45) is 0 Å². The second-order valence-electron chi connectivity index (χ2n) is 5.97. The molecule has 0 amide bonds. The number of Topliss-reactive ketones (excluding diaryl/α,β-unsaturated/α-hetero) is 1. The Morgan fingerprint density at radius 1 is 1.15 bits per heavy atom. The van der Waals surface area contributed by atoms with Crippen molar-refractivity contribution in [2.45, 2.75) is 9.92 Å². The molecule has 0 N–H and O–H groups in total. The quantitative estimate of drug-likeness (QED) is 0.360. The van der Waals surface area contributed by atoms with Crippen molar-refractivity contribution in [1.82, 2.24) is 4.98 Å². The Labute approximate surface area is 165 Å². The summed E-state index contributed by atoms with van der Waals surface area (Å²) in [5.74, 6) is 0.00210. The lowest BCUT2D eigenvalue weighted by molar-refractivity contribution is -0.112. The first-order chi connectivity index (χ1) is 13.2. The summed E-state index contributed by atoms with van der Waals surface area (Å²) in [7, 11) is 1.89. The highest BCUT2D eigenvalue weighted by molar-refractivity contribution is 8.03. The zero-order chi connectivity index (χ0) is 18.8. The molecule has 3 aromatic rings. The molecule has 2 aromatic carbocycles. The predicted octanol–water partition coefficient (Wildman–Crippen LogP) is 4.87. The molecular formula is C21H15N3OS2. The van der Waals surface area contributed by atoms with Crippen molar-refractivity contribution < 1.29 is 4.79 Å². The van der Waals surface area contributed by atoms with Gasteiger partial charge >= 0.3 is 0 Å². The van der Waals surface area contributed by atoms with E-state index in [1.54, 1.807) is 0 Å². The van der Waals surface area contributed by atoms with Crippen LogP contribution in [0.25, 0.3) is 10.9 Å². The topological polar surface area (TPSA) is 57.0 Å². The minimum Gasteiger partial charge on any atom is -0.337 e. The number of carbonyl (C=O) groups excluding carboxylic acids is 1. The molecule has 1 aliphatic rings. The number of fused-ring (bicyclic) bond motifs is 2. The Morgan fingerprint density at radius 2 is 1.93 bits per heavy atom. The molecule has 1 aromatic heterocycles. The van der Waals surface area contributed by atoms with E-state index in [0.29, 0.717) is 5.03 Å². The Morgan fingerprint density at radius 3 is 2.74 bits per heavy atom. The molecule has 4 nitrogen and oxygen atoms in total. The molecule has 4 rings (SSSR count). The summed E-state index contributed by atoms with van der Waals surface area (Å²) in [5, 5.41) is 12.1. The highest BCUT2D eigenvalue weighted by Gasteiger charge is 2.27. The molecule has 27 heavy (non-hydrogen) atoms. The van der Waals surface area contributed by atoms with Crippen molar-refractivity contribution in [1.29, 1.82) is 5.26 Å². The van der Waals surface area contributed by atoms with E-state index >= 15 is 0 Å². The number of hydrogen-bond acceptors (Lipinski definition) is 6. The van der Waals surface area contributed by atoms with Gasteiger partial charge in [0.2, 0.25) is 0 Å². The number of nitriles is 1. The van der Waals surface area contributed by atoms with Crippen LogP contribution in [0.4, 0.5) is 5.69 Å². The van der Waals surface area contributed by atoms with Crippen LogP contribution in [0.2, 0.25) is 0 Å². The zero-order valence-corrected chi connectivity index (χ0v) is 16.2. The van der Waals surface area contributed by atoms with E-state index in [0.717, 1.165) is 26.5 Å². The number of pyridine rings is 1. The molecular weight excluding hydrogens is 374 g/mol. The fourth-order valence-corrected chi connectivity index (χ4v) is 4.80. The zero-order valence-electron chi connectivity index (χ0n) is 14.5. The average molecular weight is 390 g/mol. The first kappa shape index (κ1) is 17.7. The van der Waals surface area contributed by atoms with Gasteiger partial charge in [-0.05, 0) is 24.3 Å². The summed E-state index contributed by atoms with van der Waals surface area (Å²) >= 11 is 2.82. The van der Waals surface area contributed by atoms with Gasteiger partial charge in [-0.25, -0.2) is 4.98 Å². The standard InChI is InChI=1S/C21H15N3OS2/c1-24-17-8-4-5-9-19(17)27-21(24)15(12-22)18(25)13-26-20-11-10-14-6-2-3-7-16(14)23-20/h2-11H,13H2,1H3/b21-15+. The van der Waals surface area contributed by atoms with Crippen molar-refractivity contribution in [3.8, 4) is 6.07 Å². The van der Waals surface area contributed by atoms with Crippen molar-refractivity contribution in [3.63, 3.8) is 0 Å². The summed E-state index contributed by atoms with van der Waals surface area (Å²) < 4.78 is 0. The van der Waals surface area contributed by atoms with Crippen LogP contribution in [0.5, 0.6) is 0 Å². The third-order valence-electron chi connectivity index (χ3n) is 4.27. The lowest BCUT2D eigenvalue weighted by atomic mass is 10.2. The smallest absolute Gasteiger partial charge is 0.186 e. The fraction of sp³-hybridized carbons (Fsp3) is 0.0952. The van der Waals surface area contributed by atoms with E-state index in [-0.39, 0.29) is 17.1 Å². The van der Waals surface area contributed by atoms with Crippen LogP contribution in [-0.2, 0) is 4.79 Å². The van der Waals surface area contributed by atoms with Crippen LogP contribution in [0.1, 0.15) is 0 Å². The second-order valence-corrected chi connectivity index (χ2v) is 8.00. The van der Waals surface area contributed by atoms with Crippen molar-refractivity contribution in [2.75, 3.05) is 17.7 Å². The maximum atomic E-state index is 12.7. The van der Waals surface area contributed by atoms with Crippen molar-refractivity contribution in [3.05, 3.63) is 71.3 Å². The Kier molecular flexibility index (Phi) is 4.88. The van der Waals surface area contributed by atoms with E-state index < -0.39 is 0 Å². The summed E-state index contributed by atoms with van der Waals surface area (Å²) in [6.45, 7) is 0. The SMILES string of the molecule is CN1/C(=C(/C#N)C(=O)CSc2ccc3ccccc3n2)Sc2ccccc21. The predicted molar refractivity (Wildman–Crippen MR) is 111 cm³/mol. The highest BCUT2D eigenvalue weighted by atomic mass is 32.2. The summed E-state index contributed by atoms with van der Waals surface area (Å²) in [5.41, 5.74) is 2.12. The maximum absolute atomic E-state index is 12.7. The van der Waals surface area contributed by atoms with Gasteiger partial charge in [0.25, 0.3) is 0 Å². The van der Waals surface area contributed by atoms with E-state index in [1.165, 1.54) is 23.5 Å². The van der Waals surface area contributed by atoms with Gasteiger partial charge in [0.15, 0.2) is 5.78 Å². The number of ketones is 1. The molecule has 6 heteroatoms. The number of allylic oxidation sites excluding steroid dienone is 1. The molecule has 0 saturated heterocycles. The van der Waals surface area contributed by atoms with Crippen LogP contribution < -0.4 is 4.90 Å². The van der Waals surface area contributed by atoms with Gasteiger partial charge in [-0.1, -0.05) is 59.9 Å². The largest absolute Gasteiger partial charge is 0.337 e. The van der Waals surface area contributed by atoms with Gasteiger partial charge in [0.1, 0.15) is 16.7 Å². The molecule has 2 heterocycles. The molecule has 1 aliphatic heterocycles. The number of thioether (sulfide) groups is 2. The normalized spacial score (nSPS) is 14.7. The number of para-hydroxylation sites is 2. The number of nitrogens with zero attached hydrogens (tertiary/aromatic N) is 3. The number of aromatic nitrogens is 1. The molecule has 0 fully saturated rings. The third-order valence-corrected chi connectivity index (χ3v) is 6.43. The molecule has 0 unspecified atom stereocenters. The van der Waals surface area contributed by atoms with Crippen LogP contribution in [-0.4, -0.2) is 23.6 Å². The highest BCUT2D eigenvalue weighted by Crippen LogP contribution is 2.46. The number of benzene rings is 2. The van der Waals surface area contributed by atoms with Gasteiger partial charge < -0.3 is 4.90 Å². The summed E-state index contributed by atoms with van der Waals surface area (Å²) in [6.07, 6.45) is 0. The molecule has 0 aliphatic carbocycles. The fourth-order valence-electron chi connectivity index (χ4n) is 2.89. The molecule has 0 bridgehead atoms. The van der Waals surface area contributed by atoms with E-state index in [4.69, 9.17) is 0 Å². The second kappa shape index (κ2) is 7.47. The monoisotopic (exact) mass is 389 g/mol. The van der Waals surface area contributed by atoms with Crippen LogP contribution >= 0.6 is 23.5 Å². The third kappa shape index (κ3) is 3.44. The van der Waals surface area contributed by atoms with Gasteiger partial charge in [0.05, 0.1) is 22.0 Å². The Balaban J connectivity index is 1.54. The minimum atomic E-state index is -0.181. The van der Waals surface area contributed by atoms with E-state index in [9.17, 15) is 10.1 Å². The molecule has 0 atom stereocenters. The number of carbonyl (C=O) groups is 1. The lowest BCUT2D eigenvalue weighted by Crippen LogP contribution is -2.16. The number of hydrogen-bond donors (Lipinski definition) is 0. The maximum Gasteiger partial charge on any atom is 0.186 e. The summed E-state index contributed by atoms with van der Waals surface area (Å²) in [4.78, 5) is 20.3. The van der Waals surface area contributed by atoms with Gasteiger partial charge in [0, 0.05) is 17.3 Å². The Bertz CT molecular complexity index is 1120. The Hall–Kier alpha value is -2.75. The van der Waals surface area contributed by atoms with Crippen LogP contribution in [0.3, 0.4) is 0 Å². The number of rotatable bonds is 4. The van der Waals surface area contributed by atoms with Gasteiger partial charge in [-0.3, -0.25) is 4.79 Å². The summed E-state index contributed by atoms with van der Waals surface area (Å²) in [6, 6.07) is 21.8. The molecule has 0 radical (unpaired) electrons. The first-order valence-corrected chi connectivity index (χ1v) is 10.1. The lowest BCUT2D eigenvalue weighted by Gasteiger charge is -2.14. The first-order valence-electron chi connectivity index (χ1n) is 8.34. The van der Waals surface area contributed by atoms with Gasteiger partial charge in [-0.15, -0.1) is 0 Å². The van der Waals surface area contributed by atoms with E-state index in [2.05, 4.69) is 11.1 Å².